The molecule has 0 bridgehead atoms. The number of amides is 1. The van der Waals surface area contributed by atoms with Crippen LogP contribution in [0.1, 0.15) is 17.0 Å². The van der Waals surface area contributed by atoms with Crippen LogP contribution >= 0.6 is 7.82 Å². The van der Waals surface area contributed by atoms with Gasteiger partial charge in [0, 0.05) is 5.92 Å². The average Bonchev–Trinajstić information content (AvgIpc) is 2.96. The van der Waals surface area contributed by atoms with Crippen LogP contribution in [0.2, 0.25) is 0 Å². The smallest absolute Gasteiger partial charge is 0.407 e. The van der Waals surface area contributed by atoms with Gasteiger partial charge in [-0.1, -0.05) is 48.5 Å². The number of ether oxygens (including phenoxy) is 1. The number of alkyl carbamates (subject to hydrolysis) is 1. The molecule has 3 rings (SSSR count). The summed E-state index contributed by atoms with van der Waals surface area (Å²) in [5, 5.41) is 12.9. The molecule has 10 heteroatoms. The summed E-state index contributed by atoms with van der Waals surface area (Å²) in [6.07, 6.45) is -1.11. The molecule has 1 amide bonds. The first-order valence-electron chi connectivity index (χ1n) is 8.25. The second-order valence-corrected chi connectivity index (χ2v) is 7.24. The first kappa shape index (κ1) is 20.0. The highest BCUT2D eigenvalue weighted by Crippen LogP contribution is 2.44. The van der Waals surface area contributed by atoms with E-state index >= 15 is 0 Å². The number of carbonyl (C=O) groups is 2. The van der Waals surface area contributed by atoms with E-state index in [0.29, 0.717) is 0 Å². The number of hydrogen-bond acceptors (Lipinski definition) is 8. The van der Waals surface area contributed by atoms with Gasteiger partial charge in [-0.2, -0.15) is 0 Å². The number of phosphoric acid groups is 1. The zero-order valence-electron chi connectivity index (χ0n) is 14.4. The van der Waals surface area contributed by atoms with E-state index in [9.17, 15) is 29.0 Å². The number of carboxylic acid groups (broad SMARTS) is 1. The van der Waals surface area contributed by atoms with E-state index < -0.39 is 32.5 Å². The van der Waals surface area contributed by atoms with Gasteiger partial charge in [-0.25, -0.2) is 4.79 Å². The number of carbonyl (C=O) groups excluding carboxylic acids is 2. The second-order valence-electron chi connectivity index (χ2n) is 6.08. The molecule has 2 aromatic carbocycles. The lowest BCUT2D eigenvalue weighted by molar-refractivity contribution is -0.342. The summed E-state index contributed by atoms with van der Waals surface area (Å²) < 4.78 is 19.5. The Kier molecular flexibility index (Phi) is 5.81. The van der Waals surface area contributed by atoms with Crippen molar-refractivity contribution in [3.63, 3.8) is 0 Å². The molecule has 0 aromatic heterocycles. The fourth-order valence-electron chi connectivity index (χ4n) is 3.12. The fraction of sp³-hybridized carbons (Fsp3) is 0.222. The van der Waals surface area contributed by atoms with Crippen LogP contribution in [-0.4, -0.2) is 31.3 Å². The SMILES string of the molecule is O=C(N[C@@H](COP(=O)([O-])[O-])C(=O)[O-])OCC1c2ccccc2-c2ccccc21. The Bertz CT molecular complexity index is 895. The van der Waals surface area contributed by atoms with Crippen LogP contribution in [0.3, 0.4) is 0 Å². The van der Waals surface area contributed by atoms with E-state index in [1.54, 1.807) is 0 Å². The summed E-state index contributed by atoms with van der Waals surface area (Å²) >= 11 is 0. The lowest BCUT2D eigenvalue weighted by Gasteiger charge is -2.31. The maximum atomic E-state index is 12.0. The van der Waals surface area contributed by atoms with E-state index in [-0.39, 0.29) is 12.5 Å². The molecule has 0 saturated carbocycles. The molecule has 1 aliphatic rings. The summed E-state index contributed by atoms with van der Waals surface area (Å²) in [6.45, 7) is -1.15. The maximum Gasteiger partial charge on any atom is 0.407 e. The van der Waals surface area contributed by atoms with E-state index in [2.05, 4.69) is 4.52 Å². The zero-order valence-corrected chi connectivity index (χ0v) is 15.3. The Morgan fingerprint density at radius 1 is 1.04 bits per heavy atom. The summed E-state index contributed by atoms with van der Waals surface area (Å²) in [7, 11) is -5.39. The summed E-state index contributed by atoms with van der Waals surface area (Å²) in [6, 6.07) is 13.4. The Hall–Kier alpha value is -2.71. The van der Waals surface area contributed by atoms with Gasteiger partial charge in [0.15, 0.2) is 0 Å². The van der Waals surface area contributed by atoms with Gasteiger partial charge in [-0.15, -0.1) is 0 Å². The first-order valence-corrected chi connectivity index (χ1v) is 9.71. The molecule has 0 spiro atoms. The molecule has 1 N–H and O–H groups in total. The molecule has 9 nitrogen and oxygen atoms in total. The van der Waals surface area contributed by atoms with Gasteiger partial charge < -0.3 is 38.8 Å². The second kappa shape index (κ2) is 8.12. The molecule has 0 radical (unpaired) electrons. The van der Waals surface area contributed by atoms with Crippen LogP contribution in [0.4, 0.5) is 4.79 Å². The van der Waals surface area contributed by atoms with Crippen molar-refractivity contribution < 1.29 is 38.3 Å². The van der Waals surface area contributed by atoms with Crippen molar-refractivity contribution >= 4 is 19.9 Å². The predicted molar refractivity (Wildman–Crippen MR) is 90.6 cm³/mol. The normalized spacial score (nSPS) is 14.1. The number of aliphatic carboxylic acids is 1. The molecule has 1 atom stereocenters. The van der Waals surface area contributed by atoms with Crippen molar-refractivity contribution in [1.82, 2.24) is 5.32 Å². The van der Waals surface area contributed by atoms with Crippen LogP contribution in [0, 0.1) is 0 Å². The van der Waals surface area contributed by atoms with Crippen molar-refractivity contribution in [2.24, 2.45) is 0 Å². The van der Waals surface area contributed by atoms with Gasteiger partial charge in [0.05, 0.1) is 26.4 Å². The number of carboxylic acids is 1. The monoisotopic (exact) mass is 404 g/mol. The quantitative estimate of drug-likeness (QED) is 0.606. The molecule has 0 heterocycles. The third kappa shape index (κ3) is 4.58. The van der Waals surface area contributed by atoms with Crippen molar-refractivity contribution in [3.05, 3.63) is 59.7 Å². The van der Waals surface area contributed by atoms with Crippen LogP contribution < -0.4 is 20.2 Å². The van der Waals surface area contributed by atoms with Gasteiger partial charge >= 0.3 is 6.09 Å². The minimum atomic E-state index is -5.39. The number of rotatable bonds is 7. The van der Waals surface area contributed by atoms with Crippen LogP contribution in [0.25, 0.3) is 11.1 Å². The maximum absolute atomic E-state index is 12.0. The predicted octanol–water partition coefficient (Wildman–Crippen LogP) is -0.511. The van der Waals surface area contributed by atoms with Gasteiger partial charge in [-0.3, -0.25) is 0 Å². The van der Waals surface area contributed by atoms with Gasteiger partial charge in [0.2, 0.25) is 0 Å². The Labute approximate surface area is 160 Å². The summed E-state index contributed by atoms with van der Waals surface area (Å²) in [5.41, 5.74) is 3.98. The standard InChI is InChI=1S/C18H18NO8P/c20-17(21)16(10-27-28(23,24)25)19-18(22)26-9-15-13-7-3-1-5-11(13)12-6-2-4-8-14(12)15/h1-8,15-16H,9-10H2,(H,19,22)(H,20,21)(H2,23,24,25)/p-3/t16-/m0/s1. The Morgan fingerprint density at radius 3 is 2.07 bits per heavy atom. The van der Waals surface area contributed by atoms with Crippen LogP contribution in [0.5, 0.6) is 0 Å². The topological polar surface area (TPSA) is 151 Å². The number of fused-ring (bicyclic) bond motifs is 3. The molecular formula is C18H15NO8P-3. The third-order valence-electron chi connectivity index (χ3n) is 4.32. The highest BCUT2D eigenvalue weighted by molar-refractivity contribution is 7.43. The minimum Gasteiger partial charge on any atom is -0.790 e. The molecule has 148 valence electrons. The fourth-order valence-corrected chi connectivity index (χ4v) is 3.45. The molecule has 0 saturated heterocycles. The van der Waals surface area contributed by atoms with E-state index in [0.717, 1.165) is 22.3 Å². The lowest BCUT2D eigenvalue weighted by atomic mass is 9.98. The molecule has 0 unspecified atom stereocenters. The van der Waals surface area contributed by atoms with Crippen LogP contribution in [0.15, 0.2) is 48.5 Å². The third-order valence-corrected chi connectivity index (χ3v) is 4.78. The van der Waals surface area contributed by atoms with E-state index in [1.807, 2.05) is 53.8 Å². The van der Waals surface area contributed by atoms with Crippen LogP contribution in [-0.2, 0) is 18.6 Å². The number of benzene rings is 2. The van der Waals surface area contributed by atoms with Gasteiger partial charge in [0.1, 0.15) is 6.61 Å². The molecular weight excluding hydrogens is 389 g/mol. The number of hydrogen-bond donors (Lipinski definition) is 1. The molecule has 1 aliphatic carbocycles. The van der Waals surface area contributed by atoms with E-state index in [1.165, 1.54) is 0 Å². The highest BCUT2D eigenvalue weighted by Gasteiger charge is 2.29. The average molecular weight is 404 g/mol. The Morgan fingerprint density at radius 2 is 1.57 bits per heavy atom. The van der Waals surface area contributed by atoms with Crippen molar-refractivity contribution in [1.29, 1.82) is 0 Å². The zero-order chi connectivity index (χ0) is 20.3. The van der Waals surface area contributed by atoms with E-state index in [4.69, 9.17) is 4.74 Å². The molecule has 0 fully saturated rings. The van der Waals surface area contributed by atoms with Crippen molar-refractivity contribution in [3.8, 4) is 11.1 Å². The summed E-state index contributed by atoms with van der Waals surface area (Å²) in [4.78, 5) is 43.9. The number of phosphoric ester groups is 1. The Balaban J connectivity index is 1.66. The first-order chi connectivity index (χ1) is 13.3. The summed E-state index contributed by atoms with van der Waals surface area (Å²) in [5.74, 6) is -2.05. The lowest BCUT2D eigenvalue weighted by Crippen LogP contribution is -2.51. The molecule has 2 aromatic rings. The molecule has 28 heavy (non-hydrogen) atoms. The largest absolute Gasteiger partial charge is 0.790 e. The van der Waals surface area contributed by atoms with Gasteiger partial charge in [0.25, 0.3) is 0 Å². The van der Waals surface area contributed by atoms with Crippen molar-refractivity contribution in [2.75, 3.05) is 13.2 Å². The number of nitrogens with one attached hydrogen (secondary N) is 1. The van der Waals surface area contributed by atoms with Crippen molar-refractivity contribution in [2.45, 2.75) is 12.0 Å². The minimum absolute atomic E-state index is 0.0674. The highest BCUT2D eigenvalue weighted by atomic mass is 31.2. The molecule has 0 aliphatic heterocycles. The van der Waals surface area contributed by atoms with Gasteiger partial charge in [-0.05, 0) is 22.3 Å².